The molecule has 5 heteroatoms. The lowest BCUT2D eigenvalue weighted by molar-refractivity contribution is -0.148. The van der Waals surface area contributed by atoms with Gasteiger partial charge in [-0.25, -0.2) is 0 Å². The Morgan fingerprint density at radius 1 is 1.24 bits per heavy atom. The van der Waals surface area contributed by atoms with Crippen molar-refractivity contribution in [2.24, 2.45) is 5.92 Å². The van der Waals surface area contributed by atoms with E-state index in [4.69, 9.17) is 4.42 Å². The van der Waals surface area contributed by atoms with Crippen molar-refractivity contribution in [3.05, 3.63) is 60.1 Å². The highest BCUT2D eigenvalue weighted by Crippen LogP contribution is 2.35. The lowest BCUT2D eigenvalue weighted by atomic mass is 9.93. The number of amides is 1. The molecule has 2 aromatic rings. The maximum atomic E-state index is 12.4. The predicted molar refractivity (Wildman–Crippen MR) is 74.4 cm³/mol. The summed E-state index contributed by atoms with van der Waals surface area (Å²) in [5.74, 6) is -2.41. The third kappa shape index (κ3) is 2.54. The third-order valence-electron chi connectivity index (χ3n) is 3.79. The molecule has 1 amide bonds. The van der Waals surface area contributed by atoms with Crippen LogP contribution in [0.4, 0.5) is 0 Å². The Kier molecular flexibility index (Phi) is 3.48. The minimum Gasteiger partial charge on any atom is -0.481 e. The van der Waals surface area contributed by atoms with Crippen LogP contribution in [0.1, 0.15) is 17.2 Å². The Bertz CT molecular complexity index is 636. The number of aliphatic carboxylic acids is 1. The summed E-state index contributed by atoms with van der Waals surface area (Å²) in [6, 6.07) is 13.0. The number of nitrogens with zero attached hydrogens (tertiary/aromatic N) is 1. The molecule has 108 valence electrons. The van der Waals surface area contributed by atoms with E-state index in [1.807, 2.05) is 30.3 Å². The van der Waals surface area contributed by atoms with Gasteiger partial charge in [-0.3, -0.25) is 9.59 Å². The topological polar surface area (TPSA) is 70.8 Å². The van der Waals surface area contributed by atoms with Crippen molar-refractivity contribution in [1.29, 1.82) is 0 Å². The van der Waals surface area contributed by atoms with E-state index in [2.05, 4.69) is 0 Å². The molecule has 2 atom stereocenters. The fourth-order valence-electron chi connectivity index (χ4n) is 2.78. The van der Waals surface area contributed by atoms with Crippen LogP contribution in [0.5, 0.6) is 0 Å². The molecule has 0 unspecified atom stereocenters. The molecule has 1 aliphatic heterocycles. The monoisotopic (exact) mass is 285 g/mol. The standard InChI is InChI=1S/C16H15NO4/c18-15-14(16(19)20)12(13-7-4-8-21-13)10-17(15)9-11-5-2-1-3-6-11/h1-8,12,14H,9-10H2,(H,19,20)/t12-,14-/m1/s1. The minimum absolute atomic E-state index is 0.354. The van der Waals surface area contributed by atoms with E-state index in [-0.39, 0.29) is 5.91 Å². The smallest absolute Gasteiger partial charge is 0.316 e. The second-order valence-electron chi connectivity index (χ2n) is 5.14. The first kappa shape index (κ1) is 13.4. The van der Waals surface area contributed by atoms with Gasteiger partial charge in [0.1, 0.15) is 11.7 Å². The van der Waals surface area contributed by atoms with Gasteiger partial charge >= 0.3 is 5.97 Å². The molecule has 0 saturated carbocycles. The van der Waals surface area contributed by atoms with Crippen molar-refractivity contribution < 1.29 is 19.1 Å². The van der Waals surface area contributed by atoms with E-state index in [9.17, 15) is 14.7 Å². The maximum absolute atomic E-state index is 12.4. The lowest BCUT2D eigenvalue weighted by Crippen LogP contribution is -2.30. The van der Waals surface area contributed by atoms with Gasteiger partial charge in [-0.1, -0.05) is 30.3 Å². The summed E-state index contributed by atoms with van der Waals surface area (Å²) in [5, 5.41) is 9.35. The van der Waals surface area contributed by atoms with Gasteiger partial charge < -0.3 is 14.4 Å². The number of benzene rings is 1. The molecule has 0 radical (unpaired) electrons. The number of carboxylic acids is 1. The summed E-state index contributed by atoms with van der Waals surface area (Å²) >= 11 is 0. The van der Waals surface area contributed by atoms with Crippen LogP contribution in [0.3, 0.4) is 0 Å². The summed E-state index contributed by atoms with van der Waals surface area (Å²) < 4.78 is 5.30. The molecule has 1 aromatic heterocycles. The van der Waals surface area contributed by atoms with E-state index >= 15 is 0 Å². The van der Waals surface area contributed by atoms with E-state index in [1.165, 1.54) is 6.26 Å². The molecule has 1 aliphatic rings. The fourth-order valence-corrected chi connectivity index (χ4v) is 2.78. The quantitative estimate of drug-likeness (QED) is 0.873. The average molecular weight is 285 g/mol. The van der Waals surface area contributed by atoms with Crippen molar-refractivity contribution in [2.45, 2.75) is 12.5 Å². The molecule has 2 heterocycles. The number of carbonyl (C=O) groups excluding carboxylic acids is 1. The Morgan fingerprint density at radius 3 is 2.62 bits per heavy atom. The molecule has 5 nitrogen and oxygen atoms in total. The summed E-state index contributed by atoms with van der Waals surface area (Å²) in [4.78, 5) is 25.4. The van der Waals surface area contributed by atoms with Crippen LogP contribution in [-0.2, 0) is 16.1 Å². The summed E-state index contributed by atoms with van der Waals surface area (Å²) in [6.07, 6.45) is 1.50. The highest BCUT2D eigenvalue weighted by atomic mass is 16.4. The van der Waals surface area contributed by atoms with E-state index in [0.717, 1.165) is 5.56 Å². The van der Waals surface area contributed by atoms with Crippen LogP contribution in [-0.4, -0.2) is 28.4 Å². The van der Waals surface area contributed by atoms with Crippen LogP contribution in [0.2, 0.25) is 0 Å². The largest absolute Gasteiger partial charge is 0.481 e. The maximum Gasteiger partial charge on any atom is 0.316 e. The van der Waals surface area contributed by atoms with Gasteiger partial charge in [-0.15, -0.1) is 0 Å². The molecular formula is C16H15NO4. The Balaban J connectivity index is 1.84. The first-order chi connectivity index (χ1) is 10.2. The van der Waals surface area contributed by atoms with Gasteiger partial charge in [0.15, 0.2) is 0 Å². The fraction of sp³-hybridized carbons (Fsp3) is 0.250. The van der Waals surface area contributed by atoms with Crippen LogP contribution in [0.25, 0.3) is 0 Å². The number of rotatable bonds is 4. The molecule has 21 heavy (non-hydrogen) atoms. The molecule has 0 spiro atoms. The van der Waals surface area contributed by atoms with Crippen molar-refractivity contribution >= 4 is 11.9 Å². The highest BCUT2D eigenvalue weighted by molar-refractivity contribution is 5.99. The van der Waals surface area contributed by atoms with Crippen LogP contribution in [0, 0.1) is 5.92 Å². The van der Waals surface area contributed by atoms with Gasteiger partial charge in [0.05, 0.1) is 12.2 Å². The molecule has 3 rings (SSSR count). The number of hydrogen-bond acceptors (Lipinski definition) is 3. The Labute approximate surface area is 121 Å². The Hall–Kier alpha value is -2.56. The molecule has 1 aromatic carbocycles. The van der Waals surface area contributed by atoms with E-state index in [1.54, 1.807) is 17.0 Å². The molecule has 1 fully saturated rings. The summed E-state index contributed by atoms with van der Waals surface area (Å²) in [5.41, 5.74) is 0.982. The zero-order chi connectivity index (χ0) is 14.8. The van der Waals surface area contributed by atoms with Crippen molar-refractivity contribution in [3.8, 4) is 0 Å². The van der Waals surface area contributed by atoms with Crippen LogP contribution >= 0.6 is 0 Å². The third-order valence-corrected chi connectivity index (χ3v) is 3.79. The van der Waals surface area contributed by atoms with E-state index < -0.39 is 17.8 Å². The summed E-state index contributed by atoms with van der Waals surface area (Å²) in [6.45, 7) is 0.777. The summed E-state index contributed by atoms with van der Waals surface area (Å²) in [7, 11) is 0. The average Bonchev–Trinajstić information content (AvgIpc) is 3.09. The highest BCUT2D eigenvalue weighted by Gasteiger charge is 2.46. The molecule has 1 saturated heterocycles. The number of hydrogen-bond donors (Lipinski definition) is 1. The second-order valence-corrected chi connectivity index (χ2v) is 5.14. The van der Waals surface area contributed by atoms with Gasteiger partial charge in [0.2, 0.25) is 5.91 Å². The first-order valence-electron chi connectivity index (χ1n) is 6.75. The number of furan rings is 1. The Morgan fingerprint density at radius 2 is 2.00 bits per heavy atom. The second kappa shape index (κ2) is 5.44. The number of carboxylic acid groups (broad SMARTS) is 1. The van der Waals surface area contributed by atoms with Crippen LogP contribution < -0.4 is 0 Å². The van der Waals surface area contributed by atoms with Gasteiger partial charge in [0.25, 0.3) is 0 Å². The van der Waals surface area contributed by atoms with E-state index in [0.29, 0.717) is 18.8 Å². The van der Waals surface area contributed by atoms with Crippen molar-refractivity contribution in [1.82, 2.24) is 4.90 Å². The molecule has 0 aliphatic carbocycles. The SMILES string of the molecule is O=C(O)[C@H]1C(=O)N(Cc2ccccc2)C[C@@H]1c1ccco1. The van der Waals surface area contributed by atoms with Gasteiger partial charge in [0, 0.05) is 13.1 Å². The lowest BCUT2D eigenvalue weighted by Gasteiger charge is -2.16. The number of likely N-dealkylation sites (tertiary alicyclic amines) is 1. The molecule has 1 N–H and O–H groups in total. The zero-order valence-corrected chi connectivity index (χ0v) is 11.3. The van der Waals surface area contributed by atoms with Gasteiger partial charge in [-0.2, -0.15) is 0 Å². The predicted octanol–water partition coefficient (Wildman–Crippen LogP) is 2.11. The zero-order valence-electron chi connectivity index (χ0n) is 11.3. The molecular weight excluding hydrogens is 270 g/mol. The number of carbonyl (C=O) groups is 2. The molecule has 0 bridgehead atoms. The van der Waals surface area contributed by atoms with Crippen molar-refractivity contribution in [2.75, 3.05) is 6.54 Å². The first-order valence-corrected chi connectivity index (χ1v) is 6.75. The van der Waals surface area contributed by atoms with Crippen LogP contribution in [0.15, 0.2) is 53.1 Å². The normalized spacial score (nSPS) is 21.7. The van der Waals surface area contributed by atoms with Gasteiger partial charge in [-0.05, 0) is 17.7 Å². The van der Waals surface area contributed by atoms with Crippen molar-refractivity contribution in [3.63, 3.8) is 0 Å². The minimum atomic E-state index is -1.10.